The Morgan fingerprint density at radius 3 is 2.39 bits per heavy atom. The van der Waals surface area contributed by atoms with E-state index in [2.05, 4.69) is 10.6 Å². The van der Waals surface area contributed by atoms with E-state index in [-0.39, 0.29) is 12.1 Å². The van der Waals surface area contributed by atoms with Crippen LogP contribution < -0.4 is 10.6 Å². The molecule has 0 bridgehead atoms. The van der Waals surface area contributed by atoms with E-state index >= 15 is 0 Å². The number of nitrogens with one attached hydrogen (secondary N) is 2. The lowest BCUT2D eigenvalue weighted by Gasteiger charge is -2.28. The van der Waals surface area contributed by atoms with Gasteiger partial charge in [-0.15, -0.1) is 0 Å². The topological polar surface area (TPSA) is 78.4 Å². The van der Waals surface area contributed by atoms with E-state index in [1.165, 1.54) is 6.42 Å². The van der Waals surface area contributed by atoms with Gasteiger partial charge in [-0.3, -0.25) is 0 Å². The number of carbonyl (C=O) groups excluding carboxylic acids is 1. The second kappa shape index (κ2) is 6.61. The zero-order valence-corrected chi connectivity index (χ0v) is 11.3. The van der Waals surface area contributed by atoms with Crippen LogP contribution in [0.3, 0.4) is 0 Å². The molecule has 18 heavy (non-hydrogen) atoms. The van der Waals surface area contributed by atoms with E-state index in [1.54, 1.807) is 6.92 Å². The summed E-state index contributed by atoms with van der Waals surface area (Å²) in [5.74, 6) is -0.983. The molecule has 1 atom stereocenters. The van der Waals surface area contributed by atoms with E-state index < -0.39 is 11.5 Å². The number of carbonyl (C=O) groups is 2. The molecule has 1 saturated carbocycles. The van der Waals surface area contributed by atoms with Crippen molar-refractivity contribution in [3.63, 3.8) is 0 Å². The van der Waals surface area contributed by atoms with Gasteiger partial charge in [0.05, 0.1) is 0 Å². The van der Waals surface area contributed by atoms with Crippen LogP contribution in [0.4, 0.5) is 4.79 Å². The molecular formula is C13H24N2O3. The summed E-state index contributed by atoms with van der Waals surface area (Å²) < 4.78 is 0. The van der Waals surface area contributed by atoms with Gasteiger partial charge in [-0.05, 0) is 26.2 Å². The third-order valence-corrected chi connectivity index (χ3v) is 3.55. The molecule has 2 amide bonds. The van der Waals surface area contributed by atoms with Crippen LogP contribution in [0, 0.1) is 0 Å². The maximum absolute atomic E-state index is 11.8. The second-order valence-electron chi connectivity index (χ2n) is 5.32. The Labute approximate surface area is 108 Å². The van der Waals surface area contributed by atoms with Crippen LogP contribution in [0.5, 0.6) is 0 Å². The molecule has 104 valence electrons. The number of carboxylic acid groups (broad SMARTS) is 1. The van der Waals surface area contributed by atoms with Gasteiger partial charge in [-0.25, -0.2) is 9.59 Å². The van der Waals surface area contributed by atoms with Crippen molar-refractivity contribution in [2.45, 2.75) is 70.4 Å². The first-order valence-corrected chi connectivity index (χ1v) is 6.80. The van der Waals surface area contributed by atoms with Gasteiger partial charge >= 0.3 is 12.0 Å². The predicted octanol–water partition coefficient (Wildman–Crippen LogP) is 2.26. The number of urea groups is 1. The number of rotatable bonds is 5. The van der Waals surface area contributed by atoms with Gasteiger partial charge in [0.1, 0.15) is 5.54 Å². The van der Waals surface area contributed by atoms with Crippen LogP contribution in [0.1, 0.15) is 58.8 Å². The lowest BCUT2D eigenvalue weighted by molar-refractivity contribution is -0.144. The van der Waals surface area contributed by atoms with Crippen molar-refractivity contribution < 1.29 is 14.7 Å². The zero-order chi connectivity index (χ0) is 13.6. The summed E-state index contributed by atoms with van der Waals surface area (Å²) in [6.07, 6.45) is 6.62. The maximum Gasteiger partial charge on any atom is 0.329 e. The van der Waals surface area contributed by atoms with Gasteiger partial charge in [-0.2, -0.15) is 0 Å². The molecule has 1 unspecified atom stereocenters. The normalized spacial score (nSPS) is 19.9. The molecule has 0 spiro atoms. The molecule has 0 aromatic rings. The highest BCUT2D eigenvalue weighted by molar-refractivity contribution is 5.85. The quantitative estimate of drug-likeness (QED) is 0.706. The number of hydrogen-bond acceptors (Lipinski definition) is 2. The van der Waals surface area contributed by atoms with Crippen LogP contribution in [0.15, 0.2) is 0 Å². The third kappa shape index (κ3) is 4.20. The van der Waals surface area contributed by atoms with E-state index in [0.29, 0.717) is 12.8 Å². The minimum atomic E-state index is -1.17. The van der Waals surface area contributed by atoms with Gasteiger partial charge in [0.15, 0.2) is 0 Å². The van der Waals surface area contributed by atoms with Crippen LogP contribution >= 0.6 is 0 Å². The van der Waals surface area contributed by atoms with E-state index in [4.69, 9.17) is 0 Å². The van der Waals surface area contributed by atoms with E-state index in [1.807, 2.05) is 6.92 Å². The highest BCUT2D eigenvalue weighted by atomic mass is 16.4. The Hall–Kier alpha value is -1.26. The number of amides is 2. The summed E-state index contributed by atoms with van der Waals surface area (Å²) in [5.41, 5.74) is -1.17. The largest absolute Gasteiger partial charge is 0.480 e. The molecular weight excluding hydrogens is 232 g/mol. The molecule has 3 N–H and O–H groups in total. The standard InChI is InChI=1S/C13H24N2O3/c1-3-9-13(2,11(16)17)15-12(18)14-10-7-5-4-6-8-10/h10H,3-9H2,1-2H3,(H,16,17)(H2,14,15,18). The fourth-order valence-corrected chi connectivity index (χ4v) is 2.44. The lowest BCUT2D eigenvalue weighted by atomic mass is 9.95. The van der Waals surface area contributed by atoms with Crippen LogP contribution in [0.2, 0.25) is 0 Å². The Balaban J connectivity index is 2.48. The van der Waals surface area contributed by atoms with Crippen molar-refractivity contribution in [2.24, 2.45) is 0 Å². The molecule has 0 heterocycles. The fourth-order valence-electron chi connectivity index (χ4n) is 2.44. The van der Waals surface area contributed by atoms with Gasteiger partial charge < -0.3 is 15.7 Å². The summed E-state index contributed by atoms with van der Waals surface area (Å²) in [7, 11) is 0. The van der Waals surface area contributed by atoms with Crippen molar-refractivity contribution in [1.82, 2.24) is 10.6 Å². The summed E-state index contributed by atoms with van der Waals surface area (Å²) in [5, 5.41) is 14.6. The minimum absolute atomic E-state index is 0.193. The molecule has 1 fully saturated rings. The van der Waals surface area contributed by atoms with Crippen molar-refractivity contribution in [3.05, 3.63) is 0 Å². The van der Waals surface area contributed by atoms with Gasteiger partial charge in [0.25, 0.3) is 0 Å². The van der Waals surface area contributed by atoms with Gasteiger partial charge in [0, 0.05) is 6.04 Å². The second-order valence-corrected chi connectivity index (χ2v) is 5.32. The Bertz CT molecular complexity index is 301. The summed E-state index contributed by atoms with van der Waals surface area (Å²) in [6, 6.07) is -0.168. The monoisotopic (exact) mass is 256 g/mol. The van der Waals surface area contributed by atoms with Crippen molar-refractivity contribution in [3.8, 4) is 0 Å². The van der Waals surface area contributed by atoms with Crippen molar-refractivity contribution in [2.75, 3.05) is 0 Å². The molecule has 0 aromatic heterocycles. The molecule has 5 heteroatoms. The molecule has 5 nitrogen and oxygen atoms in total. The van der Waals surface area contributed by atoms with Crippen molar-refractivity contribution in [1.29, 1.82) is 0 Å². The number of hydrogen-bond donors (Lipinski definition) is 3. The molecule has 1 aliphatic rings. The molecule has 0 aromatic carbocycles. The highest BCUT2D eigenvalue weighted by Gasteiger charge is 2.34. The first-order chi connectivity index (χ1) is 8.48. The molecule has 1 rings (SSSR count). The van der Waals surface area contributed by atoms with Crippen LogP contribution in [0.25, 0.3) is 0 Å². The van der Waals surface area contributed by atoms with Crippen LogP contribution in [-0.2, 0) is 4.79 Å². The van der Waals surface area contributed by atoms with E-state index in [0.717, 1.165) is 25.7 Å². The van der Waals surface area contributed by atoms with E-state index in [9.17, 15) is 14.7 Å². The Morgan fingerprint density at radius 2 is 1.89 bits per heavy atom. The zero-order valence-electron chi connectivity index (χ0n) is 11.3. The van der Waals surface area contributed by atoms with Crippen LogP contribution in [-0.4, -0.2) is 28.7 Å². The summed E-state index contributed by atoms with van der Waals surface area (Å²) in [6.45, 7) is 3.46. The van der Waals surface area contributed by atoms with Gasteiger partial charge in [0.2, 0.25) is 0 Å². The third-order valence-electron chi connectivity index (χ3n) is 3.55. The average Bonchev–Trinajstić information content (AvgIpc) is 2.30. The Kier molecular flexibility index (Phi) is 5.44. The minimum Gasteiger partial charge on any atom is -0.480 e. The molecule has 1 aliphatic carbocycles. The van der Waals surface area contributed by atoms with Gasteiger partial charge in [-0.1, -0.05) is 32.6 Å². The fraction of sp³-hybridized carbons (Fsp3) is 0.846. The molecule has 0 saturated heterocycles. The number of carboxylic acids is 1. The Morgan fingerprint density at radius 1 is 1.28 bits per heavy atom. The smallest absolute Gasteiger partial charge is 0.329 e. The molecule has 0 aliphatic heterocycles. The predicted molar refractivity (Wildman–Crippen MR) is 69.5 cm³/mol. The highest BCUT2D eigenvalue weighted by Crippen LogP contribution is 2.18. The number of aliphatic carboxylic acids is 1. The van der Waals surface area contributed by atoms with Crippen molar-refractivity contribution >= 4 is 12.0 Å². The molecule has 0 radical (unpaired) electrons. The first-order valence-electron chi connectivity index (χ1n) is 6.80. The summed E-state index contributed by atoms with van der Waals surface area (Å²) >= 11 is 0. The SMILES string of the molecule is CCCC(C)(NC(=O)NC1CCCCC1)C(=O)O. The first kappa shape index (κ1) is 14.8. The maximum atomic E-state index is 11.8. The lowest BCUT2D eigenvalue weighted by Crippen LogP contribution is -2.56. The average molecular weight is 256 g/mol. The summed E-state index contributed by atoms with van der Waals surface area (Å²) in [4.78, 5) is 23.0.